The molecule has 2 aliphatic rings. The summed E-state index contributed by atoms with van der Waals surface area (Å²) in [5.74, 6) is 1.66. The van der Waals surface area contributed by atoms with E-state index in [9.17, 15) is 4.79 Å². The van der Waals surface area contributed by atoms with Gasteiger partial charge >= 0.3 is 0 Å². The minimum atomic E-state index is 0.130. The number of thiophene rings is 1. The second-order valence-corrected chi connectivity index (χ2v) is 9.03. The van der Waals surface area contributed by atoms with E-state index < -0.39 is 0 Å². The van der Waals surface area contributed by atoms with Gasteiger partial charge in [-0.25, -0.2) is 0 Å². The normalized spacial score (nSPS) is 19.4. The molecule has 2 saturated heterocycles. The summed E-state index contributed by atoms with van der Waals surface area (Å²) in [5, 5.41) is 9.23. The van der Waals surface area contributed by atoms with Gasteiger partial charge in [-0.1, -0.05) is 17.6 Å². The fourth-order valence-electron chi connectivity index (χ4n) is 4.21. The quantitative estimate of drug-likeness (QED) is 0.666. The summed E-state index contributed by atoms with van der Waals surface area (Å²) in [6.45, 7) is 6.79. The van der Waals surface area contributed by atoms with Crippen molar-refractivity contribution in [3.05, 3.63) is 23.4 Å². The molecule has 0 atom stereocenters. The monoisotopic (exact) mass is 417 g/mol. The van der Waals surface area contributed by atoms with Gasteiger partial charge in [0.25, 0.3) is 0 Å². The molecule has 2 fully saturated rings. The van der Waals surface area contributed by atoms with Crippen LogP contribution in [0.2, 0.25) is 0 Å². The maximum atomic E-state index is 12.5. The molecule has 1 amide bonds. The van der Waals surface area contributed by atoms with Gasteiger partial charge < -0.3 is 14.7 Å². The van der Waals surface area contributed by atoms with Crippen molar-refractivity contribution in [1.29, 1.82) is 0 Å². The third-order valence-corrected chi connectivity index (χ3v) is 6.79. The van der Waals surface area contributed by atoms with Crippen molar-refractivity contribution < 1.29 is 9.32 Å². The Labute approximate surface area is 176 Å². The number of hydrogen-bond donors (Lipinski definition) is 1. The van der Waals surface area contributed by atoms with Crippen LogP contribution < -0.4 is 5.32 Å². The summed E-state index contributed by atoms with van der Waals surface area (Å²) in [6.07, 6.45) is 6.85. The van der Waals surface area contributed by atoms with Crippen LogP contribution in [-0.2, 0) is 11.3 Å². The maximum absolute atomic E-state index is 12.5. The highest BCUT2D eigenvalue weighted by Gasteiger charge is 2.26. The Kier molecular flexibility index (Phi) is 7.29. The number of nitrogens with one attached hydrogen (secondary N) is 1. The van der Waals surface area contributed by atoms with Gasteiger partial charge in [0.2, 0.25) is 17.6 Å². The molecular formula is C21H31N5O2S. The lowest BCUT2D eigenvalue weighted by molar-refractivity contribution is -0.126. The summed E-state index contributed by atoms with van der Waals surface area (Å²) in [6, 6.07) is 3.98. The zero-order chi connectivity index (χ0) is 19.9. The molecule has 158 valence electrons. The molecule has 4 rings (SSSR count). The summed E-state index contributed by atoms with van der Waals surface area (Å²) in [7, 11) is 0. The number of amides is 1. The van der Waals surface area contributed by atoms with Crippen molar-refractivity contribution in [1.82, 2.24) is 25.3 Å². The van der Waals surface area contributed by atoms with E-state index in [2.05, 4.69) is 25.3 Å². The first-order valence-electron chi connectivity index (χ1n) is 10.9. The highest BCUT2D eigenvalue weighted by Crippen LogP contribution is 2.23. The molecule has 7 nitrogen and oxygen atoms in total. The molecular weight excluding hydrogens is 386 g/mol. The van der Waals surface area contributed by atoms with E-state index in [0.29, 0.717) is 18.3 Å². The molecule has 0 spiro atoms. The molecule has 0 radical (unpaired) electrons. The molecule has 0 saturated carbocycles. The Balaban J connectivity index is 1.13. The fraction of sp³-hybridized carbons (Fsp3) is 0.667. The van der Waals surface area contributed by atoms with Gasteiger partial charge in [0, 0.05) is 12.5 Å². The fourth-order valence-corrected chi connectivity index (χ4v) is 4.86. The summed E-state index contributed by atoms with van der Waals surface area (Å²) < 4.78 is 5.40. The number of piperidine rings is 2. The van der Waals surface area contributed by atoms with E-state index >= 15 is 0 Å². The third kappa shape index (κ3) is 5.87. The minimum Gasteiger partial charge on any atom is -0.356 e. The maximum Gasteiger partial charge on any atom is 0.241 e. The van der Waals surface area contributed by atoms with E-state index in [0.717, 1.165) is 50.3 Å². The van der Waals surface area contributed by atoms with Crippen molar-refractivity contribution in [2.75, 3.05) is 39.3 Å². The summed E-state index contributed by atoms with van der Waals surface area (Å²) >= 11 is 1.61. The van der Waals surface area contributed by atoms with Crippen LogP contribution in [0, 0.1) is 5.92 Å². The molecule has 2 aliphatic heterocycles. The van der Waals surface area contributed by atoms with Gasteiger partial charge in [0.05, 0.1) is 11.4 Å². The van der Waals surface area contributed by atoms with Crippen LogP contribution in [0.1, 0.15) is 44.4 Å². The molecule has 0 bridgehead atoms. The lowest BCUT2D eigenvalue weighted by Gasteiger charge is -2.30. The van der Waals surface area contributed by atoms with E-state index in [4.69, 9.17) is 4.52 Å². The van der Waals surface area contributed by atoms with Gasteiger partial charge in [0.15, 0.2) is 0 Å². The van der Waals surface area contributed by atoms with Crippen LogP contribution in [-0.4, -0.2) is 65.1 Å². The van der Waals surface area contributed by atoms with Crippen molar-refractivity contribution in [3.8, 4) is 10.7 Å². The molecule has 29 heavy (non-hydrogen) atoms. The van der Waals surface area contributed by atoms with E-state index in [-0.39, 0.29) is 11.8 Å². The van der Waals surface area contributed by atoms with Crippen LogP contribution in [0.25, 0.3) is 10.7 Å². The van der Waals surface area contributed by atoms with Crippen LogP contribution in [0.5, 0.6) is 0 Å². The molecule has 0 aliphatic carbocycles. The number of carbonyl (C=O) groups excluding carboxylic acids is 1. The predicted octanol–water partition coefficient (Wildman–Crippen LogP) is 3.00. The van der Waals surface area contributed by atoms with Gasteiger partial charge in [-0.2, -0.15) is 4.98 Å². The molecule has 2 aromatic rings. The van der Waals surface area contributed by atoms with Gasteiger partial charge in [-0.3, -0.25) is 9.69 Å². The van der Waals surface area contributed by atoms with Gasteiger partial charge in [-0.05, 0) is 76.3 Å². The largest absolute Gasteiger partial charge is 0.356 e. The molecule has 4 heterocycles. The average molecular weight is 418 g/mol. The van der Waals surface area contributed by atoms with Crippen LogP contribution in [0.3, 0.4) is 0 Å². The molecule has 2 aromatic heterocycles. The Morgan fingerprint density at radius 1 is 1.17 bits per heavy atom. The third-order valence-electron chi connectivity index (χ3n) is 5.93. The van der Waals surface area contributed by atoms with Crippen molar-refractivity contribution in [2.24, 2.45) is 5.92 Å². The Bertz CT molecular complexity index is 749. The number of likely N-dealkylation sites (tertiary alicyclic amines) is 2. The standard InChI is InChI=1S/C21H31N5O2S/c27-21(22-9-5-12-25-10-2-1-3-11-25)17-7-13-26(14-8-17)16-19-23-20(24-28-19)18-6-4-15-29-18/h4,6,15,17H,1-3,5,7-14,16H2,(H,22,27). The molecule has 0 unspecified atom stereocenters. The number of rotatable bonds is 8. The van der Waals surface area contributed by atoms with Crippen molar-refractivity contribution in [2.45, 2.75) is 45.1 Å². The smallest absolute Gasteiger partial charge is 0.241 e. The first-order valence-corrected chi connectivity index (χ1v) is 11.7. The lowest BCUT2D eigenvalue weighted by Crippen LogP contribution is -2.41. The van der Waals surface area contributed by atoms with Crippen LogP contribution in [0.15, 0.2) is 22.0 Å². The SMILES string of the molecule is O=C(NCCCN1CCCCC1)C1CCN(Cc2nc(-c3cccs3)no2)CC1. The first-order chi connectivity index (χ1) is 14.3. The van der Waals surface area contributed by atoms with Gasteiger partial charge in [-0.15, -0.1) is 11.3 Å². The van der Waals surface area contributed by atoms with E-state index in [1.807, 2.05) is 17.5 Å². The lowest BCUT2D eigenvalue weighted by atomic mass is 9.96. The summed E-state index contributed by atoms with van der Waals surface area (Å²) in [4.78, 5) is 22.8. The topological polar surface area (TPSA) is 74.5 Å². The first kappa shape index (κ1) is 20.5. The van der Waals surface area contributed by atoms with Gasteiger partial charge in [0.1, 0.15) is 0 Å². The summed E-state index contributed by atoms with van der Waals surface area (Å²) in [5.41, 5.74) is 0. The zero-order valence-electron chi connectivity index (χ0n) is 17.0. The average Bonchev–Trinajstić information content (AvgIpc) is 3.44. The second-order valence-electron chi connectivity index (χ2n) is 8.09. The molecule has 8 heteroatoms. The highest BCUT2D eigenvalue weighted by molar-refractivity contribution is 7.13. The van der Waals surface area contributed by atoms with Crippen molar-refractivity contribution >= 4 is 17.2 Å². The molecule has 1 N–H and O–H groups in total. The van der Waals surface area contributed by atoms with Crippen LogP contribution >= 0.6 is 11.3 Å². The van der Waals surface area contributed by atoms with Crippen molar-refractivity contribution in [3.63, 3.8) is 0 Å². The second kappa shape index (κ2) is 10.3. The van der Waals surface area contributed by atoms with E-state index in [1.54, 1.807) is 11.3 Å². The number of carbonyl (C=O) groups is 1. The number of aromatic nitrogens is 2. The Morgan fingerprint density at radius 3 is 2.76 bits per heavy atom. The predicted molar refractivity (Wildman–Crippen MR) is 114 cm³/mol. The Morgan fingerprint density at radius 2 is 2.00 bits per heavy atom. The Hall–Kier alpha value is -1.77. The van der Waals surface area contributed by atoms with Crippen LogP contribution in [0.4, 0.5) is 0 Å². The highest BCUT2D eigenvalue weighted by atomic mass is 32.1. The number of nitrogens with zero attached hydrogens (tertiary/aromatic N) is 4. The number of hydrogen-bond acceptors (Lipinski definition) is 7. The van der Waals surface area contributed by atoms with E-state index in [1.165, 1.54) is 32.4 Å². The zero-order valence-corrected chi connectivity index (χ0v) is 17.8. The molecule has 0 aromatic carbocycles. The minimum absolute atomic E-state index is 0.130.